The molecule has 3 saturated heterocycles. The molecule has 0 bridgehead atoms. The molecule has 0 aromatic heterocycles. The molecule has 318 valence electrons. The molecule has 0 aromatic rings. The highest BCUT2D eigenvalue weighted by molar-refractivity contribution is 5.19. The third-order valence-electron chi connectivity index (χ3n) is 17.6. The Balaban J connectivity index is 1.04. The van der Waals surface area contributed by atoms with Crippen molar-refractivity contribution >= 4 is 0 Å². The van der Waals surface area contributed by atoms with E-state index in [4.69, 9.17) is 23.7 Å². The van der Waals surface area contributed by atoms with Gasteiger partial charge >= 0.3 is 0 Å². The molecule has 20 atom stereocenters. The van der Waals surface area contributed by atoms with Crippen LogP contribution in [0.25, 0.3) is 0 Å². The van der Waals surface area contributed by atoms with E-state index in [-0.39, 0.29) is 39.5 Å². The second kappa shape index (κ2) is 14.6. The highest BCUT2D eigenvalue weighted by atomic mass is 16.7. The second-order valence-corrected chi connectivity index (χ2v) is 20.9. The van der Waals surface area contributed by atoms with E-state index in [0.717, 1.165) is 64.2 Å². The predicted molar refractivity (Wildman–Crippen MR) is 199 cm³/mol. The van der Waals surface area contributed by atoms with E-state index in [2.05, 4.69) is 41.5 Å². The molecule has 0 amide bonds. The SMILES string of the molecule is CC(C)(O[C@@H]1O[C@H](CO)[C@@H](O)[C@H](O)[C@H]1O)[C@H]1CC[C@@](C)([C@H]2CC[C@]3(C)[C@@H]2CC[C@@H]2[C@@]4(C)CC[C@@H](O[C@@H]5O[C@H](CO)[C@@H](O)[C@H](O)[C@H]5O)C(C)(C)[C@@H]4CC[C@]23C)O1. The minimum atomic E-state index is -1.50. The highest BCUT2D eigenvalue weighted by Gasteiger charge is 2.70. The van der Waals surface area contributed by atoms with Crippen LogP contribution in [0.4, 0.5) is 0 Å². The van der Waals surface area contributed by atoms with Crippen molar-refractivity contribution in [1.29, 1.82) is 0 Å². The molecule has 3 aliphatic heterocycles. The van der Waals surface area contributed by atoms with Gasteiger partial charge < -0.3 is 64.5 Å². The maximum atomic E-state index is 10.8. The Morgan fingerprint density at radius 3 is 1.78 bits per heavy atom. The van der Waals surface area contributed by atoms with Gasteiger partial charge in [-0.15, -0.1) is 0 Å². The Labute approximate surface area is 327 Å². The fourth-order valence-corrected chi connectivity index (χ4v) is 14.2. The van der Waals surface area contributed by atoms with Crippen molar-refractivity contribution in [3.05, 3.63) is 0 Å². The van der Waals surface area contributed by atoms with Crippen molar-refractivity contribution in [2.45, 2.75) is 204 Å². The maximum Gasteiger partial charge on any atom is 0.187 e. The molecule has 0 aromatic carbocycles. The van der Waals surface area contributed by atoms with Gasteiger partial charge in [0.25, 0.3) is 0 Å². The summed E-state index contributed by atoms with van der Waals surface area (Å²) in [6.45, 7) is 17.3. The van der Waals surface area contributed by atoms with E-state index in [1.54, 1.807) is 0 Å². The van der Waals surface area contributed by atoms with Crippen LogP contribution in [0.5, 0.6) is 0 Å². The first-order valence-corrected chi connectivity index (χ1v) is 21.2. The van der Waals surface area contributed by atoms with Crippen molar-refractivity contribution in [3.63, 3.8) is 0 Å². The molecule has 0 radical (unpaired) electrons. The monoisotopic (exact) mass is 784 g/mol. The minimum absolute atomic E-state index is 0.0857. The summed E-state index contributed by atoms with van der Waals surface area (Å²) >= 11 is 0. The van der Waals surface area contributed by atoms with Gasteiger partial charge in [-0.1, -0.05) is 34.6 Å². The van der Waals surface area contributed by atoms with Crippen LogP contribution in [-0.2, 0) is 23.7 Å². The molecular formula is C42H72O13. The average Bonchev–Trinajstić information content (AvgIpc) is 3.72. The van der Waals surface area contributed by atoms with E-state index in [1.807, 2.05) is 13.8 Å². The van der Waals surface area contributed by atoms with Gasteiger partial charge in [-0.2, -0.15) is 0 Å². The Kier molecular flexibility index (Phi) is 11.3. The third-order valence-corrected chi connectivity index (χ3v) is 17.6. The number of ether oxygens (including phenoxy) is 5. The van der Waals surface area contributed by atoms with Crippen molar-refractivity contribution in [2.24, 2.45) is 45.3 Å². The van der Waals surface area contributed by atoms with Crippen LogP contribution in [0.2, 0.25) is 0 Å². The lowest BCUT2D eigenvalue weighted by Gasteiger charge is -2.70. The predicted octanol–water partition coefficient (Wildman–Crippen LogP) is 2.39. The molecule has 7 rings (SSSR count). The third kappa shape index (κ3) is 6.52. The summed E-state index contributed by atoms with van der Waals surface area (Å²) in [4.78, 5) is 0. The number of aliphatic hydroxyl groups excluding tert-OH is 8. The number of hydrogen-bond donors (Lipinski definition) is 8. The molecular weight excluding hydrogens is 712 g/mol. The Morgan fingerprint density at radius 1 is 0.582 bits per heavy atom. The molecule has 55 heavy (non-hydrogen) atoms. The van der Waals surface area contributed by atoms with Crippen molar-refractivity contribution < 1.29 is 64.5 Å². The summed E-state index contributed by atoms with van der Waals surface area (Å²) in [5, 5.41) is 82.3. The maximum absolute atomic E-state index is 10.8. The van der Waals surface area contributed by atoms with Gasteiger partial charge in [0.05, 0.1) is 36.6 Å². The van der Waals surface area contributed by atoms with Crippen LogP contribution in [-0.4, -0.2) is 139 Å². The minimum Gasteiger partial charge on any atom is -0.394 e. The van der Waals surface area contributed by atoms with Gasteiger partial charge in [-0.05, 0) is 130 Å². The zero-order valence-electron chi connectivity index (χ0n) is 34.3. The molecule has 0 spiro atoms. The number of hydrogen-bond acceptors (Lipinski definition) is 13. The van der Waals surface area contributed by atoms with Crippen LogP contribution in [0.15, 0.2) is 0 Å². The Morgan fingerprint density at radius 2 is 1.16 bits per heavy atom. The first kappa shape index (κ1) is 42.6. The molecule has 4 aliphatic carbocycles. The fraction of sp³-hybridized carbons (Fsp3) is 1.00. The van der Waals surface area contributed by atoms with Crippen LogP contribution >= 0.6 is 0 Å². The van der Waals surface area contributed by atoms with Crippen molar-refractivity contribution in [1.82, 2.24) is 0 Å². The smallest absolute Gasteiger partial charge is 0.187 e. The summed E-state index contributed by atoms with van der Waals surface area (Å²) in [7, 11) is 0. The Hall–Kier alpha value is -0.520. The Bertz CT molecular complexity index is 1380. The van der Waals surface area contributed by atoms with E-state index >= 15 is 0 Å². The lowest BCUT2D eigenvalue weighted by atomic mass is 9.35. The molecule has 13 nitrogen and oxygen atoms in total. The van der Waals surface area contributed by atoms with E-state index < -0.39 is 80.2 Å². The van der Waals surface area contributed by atoms with Crippen molar-refractivity contribution in [3.8, 4) is 0 Å². The number of rotatable bonds is 8. The van der Waals surface area contributed by atoms with Crippen LogP contribution in [0.1, 0.15) is 120 Å². The van der Waals surface area contributed by atoms with E-state index in [9.17, 15) is 40.9 Å². The normalized spacial score (nSPS) is 55.4. The van der Waals surface area contributed by atoms with Gasteiger partial charge in [0.1, 0.15) is 48.8 Å². The average molecular weight is 785 g/mol. The topological polar surface area (TPSA) is 208 Å². The van der Waals surface area contributed by atoms with Gasteiger partial charge in [0.2, 0.25) is 0 Å². The van der Waals surface area contributed by atoms with E-state index in [0.29, 0.717) is 23.7 Å². The summed E-state index contributed by atoms with van der Waals surface area (Å²) in [5.74, 6) is 1.79. The quantitative estimate of drug-likeness (QED) is 0.167. The summed E-state index contributed by atoms with van der Waals surface area (Å²) in [6, 6.07) is 0. The van der Waals surface area contributed by atoms with Crippen molar-refractivity contribution in [2.75, 3.05) is 13.2 Å². The van der Waals surface area contributed by atoms with Gasteiger partial charge in [0.15, 0.2) is 12.6 Å². The lowest BCUT2D eigenvalue weighted by molar-refractivity contribution is -0.334. The number of fused-ring (bicyclic) bond motifs is 5. The van der Waals surface area contributed by atoms with Gasteiger partial charge in [-0.25, -0.2) is 0 Å². The number of aliphatic hydroxyl groups is 8. The van der Waals surface area contributed by atoms with Crippen LogP contribution in [0.3, 0.4) is 0 Å². The van der Waals surface area contributed by atoms with Gasteiger partial charge in [0, 0.05) is 0 Å². The molecule has 7 fully saturated rings. The summed E-state index contributed by atoms with van der Waals surface area (Å²) < 4.78 is 31.4. The molecule has 4 saturated carbocycles. The molecule has 3 heterocycles. The second-order valence-electron chi connectivity index (χ2n) is 20.9. The molecule has 8 N–H and O–H groups in total. The van der Waals surface area contributed by atoms with E-state index in [1.165, 1.54) is 0 Å². The lowest BCUT2D eigenvalue weighted by Crippen LogP contribution is -2.65. The van der Waals surface area contributed by atoms with Crippen LogP contribution < -0.4 is 0 Å². The molecule has 0 unspecified atom stereocenters. The zero-order chi connectivity index (χ0) is 40.3. The zero-order valence-corrected chi connectivity index (χ0v) is 34.3. The van der Waals surface area contributed by atoms with Crippen LogP contribution in [0, 0.1) is 45.3 Å². The summed E-state index contributed by atoms with van der Waals surface area (Å²) in [5.41, 5.74) is -1.11. The largest absolute Gasteiger partial charge is 0.394 e. The fourth-order valence-electron chi connectivity index (χ4n) is 14.2. The standard InChI is InChI=1S/C42H72O13/c1-37(2)25-12-17-41(7)26(39(25,5)15-13-27(37)53-35-33(49)31(47)29(45)23(19-43)51-35)10-9-21-22(11-16-40(21,41)6)42(8)18-14-28(54-42)38(3,4)55-36-34(50)32(48)30(46)24(20-44)52-36/h21-36,43-50H,9-20H2,1-8H3/t21-,22+,23-,24-,25+,26-,27-,28-,29-,30-,31+,32+,33-,34-,35+,36+,39+,40-,41-,42+/m1/s1. The summed E-state index contributed by atoms with van der Waals surface area (Å²) in [6.07, 6.45) is -3.42. The molecule has 7 aliphatic rings. The first-order valence-electron chi connectivity index (χ1n) is 21.2. The highest BCUT2D eigenvalue weighted by Crippen LogP contribution is 2.76. The molecule has 13 heteroatoms. The van der Waals surface area contributed by atoms with Gasteiger partial charge in [-0.3, -0.25) is 0 Å². The first-order chi connectivity index (χ1) is 25.6.